The molecule has 3 heteroatoms. The number of aliphatic hydroxyl groups is 3. The monoisotopic (exact) mass is 424 g/mol. The number of hydrogen-bond donors (Lipinski definition) is 3. The average molecular weight is 425 g/mol. The first-order chi connectivity index (χ1) is 15.6. The molecule has 0 aliphatic carbocycles. The Labute approximate surface area is 189 Å². The van der Waals surface area contributed by atoms with Crippen LogP contribution in [-0.2, 0) is 11.8 Å². The summed E-state index contributed by atoms with van der Waals surface area (Å²) in [6, 6.07) is 38.6. The highest BCUT2D eigenvalue weighted by Crippen LogP contribution is 2.43. The van der Waals surface area contributed by atoms with Gasteiger partial charge in [0.15, 0.2) is 0 Å². The lowest BCUT2D eigenvalue weighted by Crippen LogP contribution is -2.52. The van der Waals surface area contributed by atoms with Gasteiger partial charge in [-0.05, 0) is 22.3 Å². The van der Waals surface area contributed by atoms with Crippen molar-refractivity contribution in [2.75, 3.05) is 0 Å². The van der Waals surface area contributed by atoms with Crippen LogP contribution in [0.25, 0.3) is 0 Å². The van der Waals surface area contributed by atoms with E-state index < -0.39 is 23.7 Å². The van der Waals surface area contributed by atoms with Crippen LogP contribution < -0.4 is 0 Å². The van der Waals surface area contributed by atoms with Crippen molar-refractivity contribution in [2.45, 2.75) is 30.1 Å². The first-order valence-corrected chi connectivity index (χ1v) is 10.9. The quantitative estimate of drug-likeness (QED) is 0.369. The third-order valence-electron chi connectivity index (χ3n) is 6.14. The predicted octanol–water partition coefficient (Wildman–Crippen LogP) is 4.35. The summed E-state index contributed by atoms with van der Waals surface area (Å²) in [7, 11) is 0. The Bertz CT molecular complexity index is 986. The molecule has 3 N–H and O–H groups in total. The molecule has 0 aliphatic heterocycles. The Morgan fingerprint density at radius 1 is 0.500 bits per heavy atom. The molecule has 3 atom stereocenters. The van der Waals surface area contributed by atoms with Crippen LogP contribution in [0.1, 0.15) is 22.3 Å². The summed E-state index contributed by atoms with van der Waals surface area (Å²) in [4.78, 5) is 0. The van der Waals surface area contributed by atoms with Gasteiger partial charge in [-0.25, -0.2) is 0 Å². The molecule has 162 valence electrons. The van der Waals surface area contributed by atoms with Crippen molar-refractivity contribution in [2.24, 2.45) is 0 Å². The molecular weight excluding hydrogens is 396 g/mol. The minimum Gasteiger partial charge on any atom is -0.390 e. The largest absolute Gasteiger partial charge is 0.390 e. The molecule has 3 unspecified atom stereocenters. The van der Waals surface area contributed by atoms with Crippen molar-refractivity contribution >= 4 is 0 Å². The van der Waals surface area contributed by atoms with Crippen molar-refractivity contribution in [3.63, 3.8) is 0 Å². The zero-order chi connectivity index (χ0) is 22.4. The minimum atomic E-state index is -1.38. The van der Waals surface area contributed by atoms with Crippen LogP contribution >= 0.6 is 0 Å². The fourth-order valence-electron chi connectivity index (χ4n) is 4.56. The summed E-state index contributed by atoms with van der Waals surface area (Å²) >= 11 is 0. The average Bonchev–Trinajstić information content (AvgIpc) is 2.86. The second kappa shape index (κ2) is 9.92. The van der Waals surface area contributed by atoms with Crippen molar-refractivity contribution in [1.29, 1.82) is 0 Å². The molecule has 0 aliphatic rings. The van der Waals surface area contributed by atoms with Crippen molar-refractivity contribution in [3.05, 3.63) is 144 Å². The van der Waals surface area contributed by atoms with E-state index in [1.54, 1.807) is 0 Å². The molecule has 0 radical (unpaired) electrons. The SMILES string of the molecule is OC(Cc1ccccc1)C(O)C(O)C(c1ccccc1)(c1ccccc1)c1ccccc1. The predicted molar refractivity (Wildman–Crippen MR) is 127 cm³/mol. The van der Waals surface area contributed by atoms with Crippen LogP contribution in [0.15, 0.2) is 121 Å². The van der Waals surface area contributed by atoms with Crippen molar-refractivity contribution in [1.82, 2.24) is 0 Å². The molecule has 0 amide bonds. The standard InChI is InChI=1S/C29H28O3/c30-26(21-22-13-5-1-6-14-22)27(31)28(32)29(23-15-7-2-8-16-23,24-17-9-3-10-18-24)25-19-11-4-12-20-25/h1-20,26-28,30-32H,21H2. The zero-order valence-electron chi connectivity index (χ0n) is 17.8. The van der Waals surface area contributed by atoms with E-state index in [1.807, 2.05) is 121 Å². The Balaban J connectivity index is 1.85. The van der Waals surface area contributed by atoms with E-state index in [2.05, 4.69) is 0 Å². The third-order valence-corrected chi connectivity index (χ3v) is 6.14. The van der Waals surface area contributed by atoms with Crippen LogP contribution in [-0.4, -0.2) is 33.6 Å². The first kappa shape index (κ1) is 22.0. The van der Waals surface area contributed by atoms with Crippen molar-refractivity contribution in [3.8, 4) is 0 Å². The fourth-order valence-corrected chi connectivity index (χ4v) is 4.56. The Morgan fingerprint density at radius 3 is 1.22 bits per heavy atom. The fraction of sp³-hybridized carbons (Fsp3) is 0.172. The lowest BCUT2D eigenvalue weighted by molar-refractivity contribution is -0.0760. The molecule has 32 heavy (non-hydrogen) atoms. The van der Waals surface area contributed by atoms with Gasteiger partial charge in [-0.15, -0.1) is 0 Å². The molecule has 3 nitrogen and oxygen atoms in total. The van der Waals surface area contributed by atoms with Gasteiger partial charge >= 0.3 is 0 Å². The molecule has 0 heterocycles. The van der Waals surface area contributed by atoms with E-state index >= 15 is 0 Å². The molecule has 0 saturated heterocycles. The Kier molecular flexibility index (Phi) is 6.81. The van der Waals surface area contributed by atoms with Gasteiger partial charge < -0.3 is 15.3 Å². The van der Waals surface area contributed by atoms with Gasteiger partial charge in [-0.2, -0.15) is 0 Å². The maximum atomic E-state index is 11.8. The van der Waals surface area contributed by atoms with Crippen LogP contribution in [0.5, 0.6) is 0 Å². The third kappa shape index (κ3) is 4.23. The summed E-state index contributed by atoms with van der Waals surface area (Å²) in [6.45, 7) is 0. The number of hydrogen-bond acceptors (Lipinski definition) is 3. The smallest absolute Gasteiger partial charge is 0.108 e. The van der Waals surface area contributed by atoms with E-state index in [9.17, 15) is 15.3 Å². The number of benzene rings is 4. The molecule has 0 saturated carbocycles. The zero-order valence-corrected chi connectivity index (χ0v) is 17.8. The maximum absolute atomic E-state index is 11.8. The van der Waals surface area contributed by atoms with Crippen LogP contribution in [0.3, 0.4) is 0 Å². The lowest BCUT2D eigenvalue weighted by Gasteiger charge is -2.43. The van der Waals surface area contributed by atoms with Crippen LogP contribution in [0.4, 0.5) is 0 Å². The Morgan fingerprint density at radius 2 is 0.844 bits per heavy atom. The van der Waals surface area contributed by atoms with Gasteiger partial charge in [0.2, 0.25) is 0 Å². The topological polar surface area (TPSA) is 60.7 Å². The van der Waals surface area contributed by atoms with Gasteiger partial charge in [0.05, 0.1) is 11.5 Å². The molecule has 4 rings (SSSR count). The maximum Gasteiger partial charge on any atom is 0.108 e. The highest BCUT2D eigenvalue weighted by atomic mass is 16.4. The number of rotatable bonds is 8. The summed E-state index contributed by atoms with van der Waals surface area (Å²) in [5.74, 6) is 0. The second-order valence-corrected chi connectivity index (χ2v) is 8.10. The summed E-state index contributed by atoms with van der Waals surface area (Å²) < 4.78 is 0. The highest BCUT2D eigenvalue weighted by molar-refractivity contribution is 5.52. The highest BCUT2D eigenvalue weighted by Gasteiger charge is 2.47. The van der Waals surface area contributed by atoms with Gasteiger partial charge in [-0.1, -0.05) is 121 Å². The van der Waals surface area contributed by atoms with Gasteiger partial charge in [0.1, 0.15) is 12.2 Å². The molecule has 0 bridgehead atoms. The summed E-state index contributed by atoms with van der Waals surface area (Å²) in [5.41, 5.74) is 2.36. The second-order valence-electron chi connectivity index (χ2n) is 8.10. The Hall–Kier alpha value is -3.24. The molecule has 0 fully saturated rings. The van der Waals surface area contributed by atoms with Gasteiger partial charge in [-0.3, -0.25) is 0 Å². The first-order valence-electron chi connectivity index (χ1n) is 10.9. The van der Waals surface area contributed by atoms with Crippen LogP contribution in [0, 0.1) is 0 Å². The molecular formula is C29H28O3. The van der Waals surface area contributed by atoms with Crippen LogP contribution in [0.2, 0.25) is 0 Å². The van der Waals surface area contributed by atoms with E-state index in [0.29, 0.717) is 0 Å². The van der Waals surface area contributed by atoms with E-state index in [4.69, 9.17) is 0 Å². The number of aliphatic hydroxyl groups excluding tert-OH is 3. The molecule has 4 aromatic carbocycles. The molecule has 4 aromatic rings. The van der Waals surface area contributed by atoms with Gasteiger partial charge in [0, 0.05) is 6.42 Å². The normalized spacial score (nSPS) is 14.5. The van der Waals surface area contributed by atoms with E-state index in [0.717, 1.165) is 22.3 Å². The van der Waals surface area contributed by atoms with E-state index in [1.165, 1.54) is 0 Å². The van der Waals surface area contributed by atoms with E-state index in [-0.39, 0.29) is 6.42 Å². The summed E-state index contributed by atoms with van der Waals surface area (Å²) in [5, 5.41) is 34.0. The minimum absolute atomic E-state index is 0.244. The van der Waals surface area contributed by atoms with Gasteiger partial charge in [0.25, 0.3) is 0 Å². The van der Waals surface area contributed by atoms with Crippen molar-refractivity contribution < 1.29 is 15.3 Å². The molecule has 0 aromatic heterocycles. The summed E-state index contributed by atoms with van der Waals surface area (Å²) in [6.07, 6.45) is -3.57. The molecule has 0 spiro atoms. The lowest BCUT2D eigenvalue weighted by atomic mass is 9.64.